The Bertz CT molecular complexity index is 809. The third-order valence-corrected chi connectivity index (χ3v) is 3.12. The molecule has 22 heavy (non-hydrogen) atoms. The van der Waals surface area contributed by atoms with Crippen molar-refractivity contribution >= 4 is 28.3 Å². The van der Waals surface area contributed by atoms with E-state index >= 15 is 0 Å². The van der Waals surface area contributed by atoms with Gasteiger partial charge in [0, 0.05) is 17.1 Å². The van der Waals surface area contributed by atoms with Crippen LogP contribution in [-0.4, -0.2) is 27.1 Å². The van der Waals surface area contributed by atoms with Crippen molar-refractivity contribution in [3.63, 3.8) is 0 Å². The normalized spacial score (nSPS) is 10.9. The highest BCUT2D eigenvalue weighted by Crippen LogP contribution is 2.17. The molecule has 0 radical (unpaired) electrons. The van der Waals surface area contributed by atoms with E-state index in [0.717, 1.165) is 10.9 Å². The second-order valence-electron chi connectivity index (χ2n) is 5.33. The van der Waals surface area contributed by atoms with Gasteiger partial charge in [-0.2, -0.15) is 5.10 Å². The van der Waals surface area contributed by atoms with Gasteiger partial charge in [-0.3, -0.25) is 9.89 Å². The fourth-order valence-electron chi connectivity index (χ4n) is 2.15. The van der Waals surface area contributed by atoms with Crippen molar-refractivity contribution in [2.24, 2.45) is 0 Å². The van der Waals surface area contributed by atoms with Crippen molar-refractivity contribution in [1.82, 2.24) is 15.2 Å². The molecule has 1 amide bonds. The predicted octanol–water partition coefficient (Wildman–Crippen LogP) is 3.03. The number of carbonyl (C=O) groups is 1. The monoisotopic (exact) mass is 295 g/mol. The summed E-state index contributed by atoms with van der Waals surface area (Å²) in [5.74, 6) is 0.443. The van der Waals surface area contributed by atoms with Gasteiger partial charge in [-0.05, 0) is 44.2 Å². The number of nitrogens with one attached hydrogen (secondary N) is 3. The highest BCUT2D eigenvalue weighted by molar-refractivity contribution is 6.03. The van der Waals surface area contributed by atoms with E-state index in [1.807, 2.05) is 44.2 Å². The number of benzene rings is 1. The number of carbonyl (C=O) groups excluding carboxylic acids is 1. The Hall–Kier alpha value is -2.89. The molecule has 0 aliphatic heterocycles. The maximum Gasteiger partial charge on any atom is 0.274 e. The summed E-state index contributed by atoms with van der Waals surface area (Å²) in [4.78, 5) is 16.6. The lowest BCUT2D eigenvalue weighted by molar-refractivity contribution is 0.102. The van der Waals surface area contributed by atoms with Crippen LogP contribution in [0.5, 0.6) is 0 Å². The zero-order chi connectivity index (χ0) is 15.5. The van der Waals surface area contributed by atoms with Gasteiger partial charge >= 0.3 is 0 Å². The Morgan fingerprint density at radius 2 is 2.09 bits per heavy atom. The molecular weight excluding hydrogens is 278 g/mol. The number of aromatic nitrogens is 3. The zero-order valence-corrected chi connectivity index (χ0v) is 12.4. The summed E-state index contributed by atoms with van der Waals surface area (Å²) in [7, 11) is 0. The third-order valence-electron chi connectivity index (χ3n) is 3.12. The standard InChI is InChI=1S/C16H17N5O/c1-10(2)18-15-5-3-4-13(20-15)16(22)19-12-7-6-11-9-17-21-14(11)8-12/h3-10H,1-2H3,(H,17,21)(H,18,20)(H,19,22). The van der Waals surface area contributed by atoms with Gasteiger partial charge in [0.2, 0.25) is 0 Å². The quantitative estimate of drug-likeness (QED) is 0.691. The maximum atomic E-state index is 12.3. The number of hydrogen-bond donors (Lipinski definition) is 3. The number of pyridine rings is 1. The van der Waals surface area contributed by atoms with Crippen LogP contribution < -0.4 is 10.6 Å². The molecule has 6 nitrogen and oxygen atoms in total. The van der Waals surface area contributed by atoms with Gasteiger partial charge in [-0.15, -0.1) is 0 Å². The van der Waals surface area contributed by atoms with Gasteiger partial charge in [0.1, 0.15) is 11.5 Å². The largest absolute Gasteiger partial charge is 0.368 e. The van der Waals surface area contributed by atoms with E-state index in [2.05, 4.69) is 25.8 Å². The summed E-state index contributed by atoms with van der Waals surface area (Å²) in [5, 5.41) is 13.9. The van der Waals surface area contributed by atoms with Crippen molar-refractivity contribution in [2.45, 2.75) is 19.9 Å². The van der Waals surface area contributed by atoms with E-state index < -0.39 is 0 Å². The van der Waals surface area contributed by atoms with Crippen LogP contribution in [0.15, 0.2) is 42.6 Å². The number of anilines is 2. The first-order chi connectivity index (χ1) is 10.6. The van der Waals surface area contributed by atoms with Crippen molar-refractivity contribution in [1.29, 1.82) is 0 Å². The Morgan fingerprint density at radius 3 is 2.91 bits per heavy atom. The van der Waals surface area contributed by atoms with E-state index in [1.165, 1.54) is 0 Å². The molecule has 0 fully saturated rings. The molecule has 0 saturated carbocycles. The fraction of sp³-hybridized carbons (Fsp3) is 0.188. The van der Waals surface area contributed by atoms with E-state index in [1.54, 1.807) is 12.3 Å². The van der Waals surface area contributed by atoms with Gasteiger partial charge in [-0.1, -0.05) is 6.07 Å². The summed E-state index contributed by atoms with van der Waals surface area (Å²) in [5.41, 5.74) is 1.95. The molecule has 3 rings (SSSR count). The van der Waals surface area contributed by atoms with Crippen molar-refractivity contribution in [3.8, 4) is 0 Å². The lowest BCUT2D eigenvalue weighted by atomic mass is 10.2. The average Bonchev–Trinajstić information content (AvgIpc) is 2.94. The van der Waals surface area contributed by atoms with Crippen LogP contribution in [0.4, 0.5) is 11.5 Å². The first-order valence-electron chi connectivity index (χ1n) is 7.10. The Balaban J connectivity index is 1.78. The van der Waals surface area contributed by atoms with Crippen molar-refractivity contribution in [2.75, 3.05) is 10.6 Å². The number of fused-ring (bicyclic) bond motifs is 1. The molecule has 1 aromatic carbocycles. The van der Waals surface area contributed by atoms with Crippen LogP contribution in [0.2, 0.25) is 0 Å². The lowest BCUT2D eigenvalue weighted by Gasteiger charge is -2.10. The Labute approximate surface area is 128 Å². The molecule has 6 heteroatoms. The summed E-state index contributed by atoms with van der Waals surface area (Å²) >= 11 is 0. The SMILES string of the molecule is CC(C)Nc1cccc(C(=O)Nc2ccc3cn[nH]c3c2)n1. The first-order valence-corrected chi connectivity index (χ1v) is 7.10. The molecule has 2 heterocycles. The minimum atomic E-state index is -0.244. The van der Waals surface area contributed by atoms with Crippen LogP contribution in [0.3, 0.4) is 0 Å². The summed E-state index contributed by atoms with van der Waals surface area (Å²) in [6, 6.07) is 11.2. The number of nitrogens with zero attached hydrogens (tertiary/aromatic N) is 2. The highest BCUT2D eigenvalue weighted by atomic mass is 16.1. The van der Waals surface area contributed by atoms with E-state index in [0.29, 0.717) is 17.2 Å². The minimum Gasteiger partial charge on any atom is -0.368 e. The molecule has 0 aliphatic rings. The number of aromatic amines is 1. The van der Waals surface area contributed by atoms with Crippen LogP contribution >= 0.6 is 0 Å². The predicted molar refractivity (Wildman–Crippen MR) is 87.0 cm³/mol. The number of amides is 1. The molecule has 3 N–H and O–H groups in total. The molecule has 0 bridgehead atoms. The van der Waals surface area contributed by atoms with Gasteiger partial charge in [-0.25, -0.2) is 4.98 Å². The molecule has 0 unspecified atom stereocenters. The molecule has 0 aliphatic carbocycles. The third kappa shape index (κ3) is 3.06. The second-order valence-corrected chi connectivity index (χ2v) is 5.33. The molecule has 0 saturated heterocycles. The minimum absolute atomic E-state index is 0.244. The lowest BCUT2D eigenvalue weighted by Crippen LogP contribution is -2.16. The molecule has 2 aromatic heterocycles. The van der Waals surface area contributed by atoms with Crippen LogP contribution in [0.25, 0.3) is 10.9 Å². The maximum absolute atomic E-state index is 12.3. The smallest absolute Gasteiger partial charge is 0.274 e. The number of hydrogen-bond acceptors (Lipinski definition) is 4. The van der Waals surface area contributed by atoms with Gasteiger partial charge in [0.25, 0.3) is 5.91 Å². The van der Waals surface area contributed by atoms with Gasteiger partial charge in [0.05, 0.1) is 11.7 Å². The molecular formula is C16H17N5O. The van der Waals surface area contributed by atoms with Crippen LogP contribution in [0.1, 0.15) is 24.3 Å². The highest BCUT2D eigenvalue weighted by Gasteiger charge is 2.09. The van der Waals surface area contributed by atoms with Crippen LogP contribution in [0, 0.1) is 0 Å². The summed E-state index contributed by atoms with van der Waals surface area (Å²) in [6.45, 7) is 4.04. The number of rotatable bonds is 4. The first kappa shape index (κ1) is 14.1. The van der Waals surface area contributed by atoms with Crippen molar-refractivity contribution in [3.05, 3.63) is 48.3 Å². The van der Waals surface area contributed by atoms with Crippen LogP contribution in [-0.2, 0) is 0 Å². The van der Waals surface area contributed by atoms with Gasteiger partial charge in [0.15, 0.2) is 0 Å². The van der Waals surface area contributed by atoms with E-state index in [-0.39, 0.29) is 11.9 Å². The zero-order valence-electron chi connectivity index (χ0n) is 12.4. The average molecular weight is 295 g/mol. The van der Waals surface area contributed by atoms with Crippen molar-refractivity contribution < 1.29 is 4.79 Å². The molecule has 0 atom stereocenters. The Morgan fingerprint density at radius 1 is 1.23 bits per heavy atom. The molecule has 0 spiro atoms. The fourth-order valence-corrected chi connectivity index (χ4v) is 2.15. The van der Waals surface area contributed by atoms with E-state index in [4.69, 9.17) is 0 Å². The second kappa shape index (κ2) is 5.85. The Kier molecular flexibility index (Phi) is 3.74. The summed E-state index contributed by atoms with van der Waals surface area (Å²) < 4.78 is 0. The van der Waals surface area contributed by atoms with Gasteiger partial charge < -0.3 is 10.6 Å². The topological polar surface area (TPSA) is 82.7 Å². The number of H-pyrrole nitrogens is 1. The molecule has 112 valence electrons. The van der Waals surface area contributed by atoms with E-state index in [9.17, 15) is 4.79 Å². The summed E-state index contributed by atoms with van der Waals surface area (Å²) in [6.07, 6.45) is 1.74. The molecule has 3 aromatic rings.